The van der Waals surface area contributed by atoms with Crippen LogP contribution in [-0.4, -0.2) is 28.6 Å². The normalized spacial score (nSPS) is 16.3. The van der Waals surface area contributed by atoms with Gasteiger partial charge in [0.2, 0.25) is 16.9 Å². The number of carbonyl (C=O) groups excluding carboxylic acids is 2. The summed E-state index contributed by atoms with van der Waals surface area (Å²) >= 11 is 1.34. The van der Waals surface area contributed by atoms with Gasteiger partial charge in [-0.15, -0.1) is 10.2 Å². The van der Waals surface area contributed by atoms with Gasteiger partial charge in [0.25, 0.3) is 0 Å². The van der Waals surface area contributed by atoms with E-state index >= 15 is 0 Å². The third-order valence-electron chi connectivity index (χ3n) is 5.05. The van der Waals surface area contributed by atoms with Gasteiger partial charge >= 0.3 is 0 Å². The summed E-state index contributed by atoms with van der Waals surface area (Å²) < 4.78 is 0. The van der Waals surface area contributed by atoms with Crippen molar-refractivity contribution in [2.75, 3.05) is 16.8 Å². The van der Waals surface area contributed by atoms with Crippen LogP contribution in [0.25, 0.3) is 0 Å². The smallest absolute Gasteiger partial charge is 0.230 e. The lowest BCUT2D eigenvalue weighted by Crippen LogP contribution is -2.25. The fourth-order valence-electron chi connectivity index (χ4n) is 3.48. The molecule has 7 heteroatoms. The first-order valence-electron chi connectivity index (χ1n) is 9.54. The first kappa shape index (κ1) is 19.3. The van der Waals surface area contributed by atoms with Crippen molar-refractivity contribution in [1.82, 2.24) is 10.2 Å². The molecule has 0 bridgehead atoms. The van der Waals surface area contributed by atoms with Gasteiger partial charge in [-0.3, -0.25) is 9.59 Å². The molecule has 2 aromatic carbocycles. The highest BCUT2D eigenvalue weighted by Gasteiger charge is 2.34. The fraction of sp³-hybridized carbons (Fsp3) is 0.273. The van der Waals surface area contributed by atoms with E-state index in [1.54, 1.807) is 0 Å². The lowest BCUT2D eigenvalue weighted by Gasteiger charge is -2.18. The molecule has 6 nitrogen and oxygen atoms in total. The molecular weight excluding hydrogens is 384 g/mol. The van der Waals surface area contributed by atoms with Gasteiger partial charge in [0, 0.05) is 24.6 Å². The number of hydrogen-bond acceptors (Lipinski definition) is 5. The minimum absolute atomic E-state index is 0.0117. The molecule has 148 valence electrons. The zero-order valence-electron chi connectivity index (χ0n) is 16.4. The van der Waals surface area contributed by atoms with Gasteiger partial charge in [-0.25, -0.2) is 0 Å². The second-order valence-electron chi connectivity index (χ2n) is 7.35. The number of aromatic nitrogens is 2. The van der Waals surface area contributed by atoms with Gasteiger partial charge in [0.15, 0.2) is 0 Å². The molecule has 1 aromatic heterocycles. The highest BCUT2D eigenvalue weighted by molar-refractivity contribution is 7.15. The molecule has 0 saturated carbocycles. The van der Waals surface area contributed by atoms with Crippen molar-refractivity contribution in [3.8, 4) is 0 Å². The van der Waals surface area contributed by atoms with Gasteiger partial charge < -0.3 is 10.2 Å². The van der Waals surface area contributed by atoms with Crippen LogP contribution >= 0.6 is 11.3 Å². The number of carbonyl (C=O) groups is 2. The van der Waals surface area contributed by atoms with Crippen molar-refractivity contribution in [3.63, 3.8) is 0 Å². The number of nitrogens with one attached hydrogen (secondary N) is 1. The lowest BCUT2D eigenvalue weighted by atomic mass is 10.1. The van der Waals surface area contributed by atoms with Gasteiger partial charge in [-0.1, -0.05) is 59.4 Å². The Morgan fingerprint density at radius 3 is 2.66 bits per heavy atom. The molecule has 4 rings (SSSR count). The summed E-state index contributed by atoms with van der Waals surface area (Å²) in [6, 6.07) is 15.7. The standard InChI is InChI=1S/C22H22N4O2S/c1-14-7-9-16(10-8-14)11-19(27)23-22-25-24-21(29-22)17-12-20(28)26(13-17)18-6-4-3-5-15(18)2/h3-10,17H,11-13H2,1-2H3,(H,23,25,27)/t17-/m1/s1. The number of aryl methyl sites for hydroxylation is 2. The minimum atomic E-state index is -0.124. The summed E-state index contributed by atoms with van der Waals surface area (Å²) in [6.07, 6.45) is 0.693. The summed E-state index contributed by atoms with van der Waals surface area (Å²) in [5, 5.41) is 12.4. The molecule has 1 atom stereocenters. The van der Waals surface area contributed by atoms with Crippen LogP contribution in [0, 0.1) is 13.8 Å². The summed E-state index contributed by atoms with van der Waals surface area (Å²) in [5.74, 6) is -0.0487. The first-order chi connectivity index (χ1) is 14.0. The maximum Gasteiger partial charge on any atom is 0.230 e. The fourth-order valence-corrected chi connectivity index (χ4v) is 4.33. The highest BCUT2D eigenvalue weighted by Crippen LogP contribution is 2.35. The molecule has 29 heavy (non-hydrogen) atoms. The van der Waals surface area contributed by atoms with Crippen LogP contribution in [0.3, 0.4) is 0 Å². The number of nitrogens with zero attached hydrogens (tertiary/aromatic N) is 3. The Hall–Kier alpha value is -3.06. The average molecular weight is 407 g/mol. The van der Waals surface area contributed by atoms with Crippen molar-refractivity contribution in [2.24, 2.45) is 0 Å². The third kappa shape index (κ3) is 4.35. The molecule has 1 aliphatic heterocycles. The molecule has 0 radical (unpaired) electrons. The second-order valence-corrected chi connectivity index (χ2v) is 8.36. The van der Waals surface area contributed by atoms with E-state index in [1.807, 2.05) is 67.3 Å². The molecule has 1 saturated heterocycles. The number of benzene rings is 2. The van der Waals surface area contributed by atoms with E-state index in [0.29, 0.717) is 18.1 Å². The van der Waals surface area contributed by atoms with Crippen molar-refractivity contribution in [1.29, 1.82) is 0 Å². The predicted molar refractivity (Wildman–Crippen MR) is 114 cm³/mol. The summed E-state index contributed by atoms with van der Waals surface area (Å²) in [7, 11) is 0. The van der Waals surface area contributed by atoms with Crippen molar-refractivity contribution in [2.45, 2.75) is 32.6 Å². The number of hydrogen-bond donors (Lipinski definition) is 1. The number of anilines is 2. The average Bonchev–Trinajstić information content (AvgIpc) is 3.31. The van der Waals surface area contributed by atoms with Gasteiger partial charge in [0.1, 0.15) is 5.01 Å². The van der Waals surface area contributed by atoms with Crippen LogP contribution < -0.4 is 10.2 Å². The molecule has 1 aliphatic rings. The van der Waals surface area contributed by atoms with Crippen LogP contribution in [0.15, 0.2) is 48.5 Å². The zero-order chi connectivity index (χ0) is 20.4. The second kappa shape index (κ2) is 8.13. The van der Waals surface area contributed by atoms with E-state index in [2.05, 4.69) is 15.5 Å². The molecule has 2 amide bonds. The lowest BCUT2D eigenvalue weighted by molar-refractivity contribution is -0.117. The van der Waals surface area contributed by atoms with Crippen molar-refractivity contribution >= 4 is 34.0 Å². The van der Waals surface area contributed by atoms with Gasteiger partial charge in [0.05, 0.1) is 6.42 Å². The SMILES string of the molecule is Cc1ccc(CC(=O)Nc2nnc([C@@H]3CC(=O)N(c4ccccc4C)C3)s2)cc1. The topological polar surface area (TPSA) is 75.2 Å². The van der Waals surface area contributed by atoms with E-state index in [1.165, 1.54) is 11.3 Å². The maximum absolute atomic E-state index is 12.5. The molecule has 1 fully saturated rings. The van der Waals surface area contributed by atoms with E-state index < -0.39 is 0 Å². The summed E-state index contributed by atoms with van der Waals surface area (Å²) in [4.78, 5) is 26.6. The van der Waals surface area contributed by atoms with E-state index in [-0.39, 0.29) is 24.2 Å². The Morgan fingerprint density at radius 1 is 1.14 bits per heavy atom. The van der Waals surface area contributed by atoms with Crippen molar-refractivity contribution in [3.05, 3.63) is 70.2 Å². The maximum atomic E-state index is 12.5. The van der Waals surface area contributed by atoms with Crippen LogP contribution in [0.5, 0.6) is 0 Å². The summed E-state index contributed by atoms with van der Waals surface area (Å²) in [5.41, 5.74) is 4.13. The van der Waals surface area contributed by atoms with Crippen LogP contribution in [0.2, 0.25) is 0 Å². The zero-order valence-corrected chi connectivity index (χ0v) is 17.2. The largest absolute Gasteiger partial charge is 0.311 e. The van der Waals surface area contributed by atoms with Crippen LogP contribution in [0.1, 0.15) is 34.0 Å². The molecule has 2 heterocycles. The Morgan fingerprint density at radius 2 is 1.90 bits per heavy atom. The van der Waals surface area contributed by atoms with Gasteiger partial charge in [-0.05, 0) is 31.0 Å². The van der Waals surface area contributed by atoms with Gasteiger partial charge in [-0.2, -0.15) is 0 Å². The monoisotopic (exact) mass is 406 g/mol. The van der Waals surface area contributed by atoms with Crippen LogP contribution in [0.4, 0.5) is 10.8 Å². The van der Waals surface area contributed by atoms with Crippen molar-refractivity contribution < 1.29 is 9.59 Å². The Bertz CT molecular complexity index is 1040. The molecule has 3 aromatic rings. The number of para-hydroxylation sites is 1. The molecule has 0 spiro atoms. The molecular formula is C22H22N4O2S. The number of rotatable bonds is 5. The third-order valence-corrected chi connectivity index (χ3v) is 6.05. The quantitative estimate of drug-likeness (QED) is 0.698. The van der Waals surface area contributed by atoms with Crippen LogP contribution in [-0.2, 0) is 16.0 Å². The summed E-state index contributed by atoms with van der Waals surface area (Å²) in [6.45, 7) is 4.60. The first-order valence-corrected chi connectivity index (χ1v) is 10.4. The predicted octanol–water partition coefficient (Wildman–Crippen LogP) is 3.86. The van der Waals surface area contributed by atoms with E-state index in [4.69, 9.17) is 0 Å². The Balaban J connectivity index is 1.40. The minimum Gasteiger partial charge on any atom is -0.311 e. The number of amides is 2. The Labute approximate surface area is 173 Å². The Kier molecular flexibility index (Phi) is 5.40. The van der Waals surface area contributed by atoms with E-state index in [9.17, 15) is 9.59 Å². The molecule has 0 aliphatic carbocycles. The highest BCUT2D eigenvalue weighted by atomic mass is 32.1. The van der Waals surface area contributed by atoms with E-state index in [0.717, 1.165) is 27.4 Å². The molecule has 1 N–H and O–H groups in total. The molecule has 0 unspecified atom stereocenters.